The van der Waals surface area contributed by atoms with Crippen molar-refractivity contribution in [3.05, 3.63) is 48.5 Å². The van der Waals surface area contributed by atoms with E-state index in [0.29, 0.717) is 17.2 Å². The smallest absolute Gasteiger partial charge is 0.127 e. The first-order valence-electron chi connectivity index (χ1n) is 6.16. The van der Waals surface area contributed by atoms with Crippen LogP contribution in [0.15, 0.2) is 48.5 Å². The van der Waals surface area contributed by atoms with Gasteiger partial charge in [-0.15, -0.1) is 0 Å². The molecule has 2 aromatic rings. The SMILES string of the molecule is OCC(O)COc1ccc(Oc2ccc(O)cc2)cc1. The highest BCUT2D eigenvalue weighted by Gasteiger charge is 2.03. The number of phenolic OH excluding ortho intramolecular Hbond substituents is 1. The molecule has 0 saturated heterocycles. The van der Waals surface area contributed by atoms with Crippen LogP contribution in [0.5, 0.6) is 23.0 Å². The van der Waals surface area contributed by atoms with Gasteiger partial charge in [-0.3, -0.25) is 0 Å². The molecule has 2 aromatic carbocycles. The molecule has 0 saturated carbocycles. The Hall–Kier alpha value is -2.24. The lowest BCUT2D eigenvalue weighted by Gasteiger charge is -2.10. The van der Waals surface area contributed by atoms with Crippen LogP contribution in [0.2, 0.25) is 0 Å². The summed E-state index contributed by atoms with van der Waals surface area (Å²) in [6, 6.07) is 13.3. The minimum absolute atomic E-state index is 0.0364. The first kappa shape index (κ1) is 14.2. The number of hydrogen-bond acceptors (Lipinski definition) is 5. The molecule has 0 spiro atoms. The van der Waals surface area contributed by atoms with Crippen molar-refractivity contribution < 1.29 is 24.8 Å². The van der Waals surface area contributed by atoms with Gasteiger partial charge >= 0.3 is 0 Å². The Morgan fingerprint density at radius 3 is 1.90 bits per heavy atom. The highest BCUT2D eigenvalue weighted by Crippen LogP contribution is 2.25. The topological polar surface area (TPSA) is 79.2 Å². The maximum Gasteiger partial charge on any atom is 0.127 e. The summed E-state index contributed by atoms with van der Waals surface area (Å²) in [6.07, 6.45) is -0.886. The lowest BCUT2D eigenvalue weighted by molar-refractivity contribution is 0.0536. The normalized spacial score (nSPS) is 11.9. The summed E-state index contributed by atoms with van der Waals surface area (Å²) < 4.78 is 10.9. The number of rotatable bonds is 6. The van der Waals surface area contributed by atoms with Crippen molar-refractivity contribution in [2.45, 2.75) is 6.10 Å². The van der Waals surface area contributed by atoms with Crippen LogP contribution >= 0.6 is 0 Å². The first-order chi connectivity index (χ1) is 9.67. The highest BCUT2D eigenvalue weighted by molar-refractivity contribution is 5.37. The fourth-order valence-electron chi connectivity index (χ4n) is 1.50. The van der Waals surface area contributed by atoms with Crippen LogP contribution in [0, 0.1) is 0 Å². The fraction of sp³-hybridized carbons (Fsp3) is 0.200. The molecule has 1 unspecified atom stereocenters. The number of ether oxygens (including phenoxy) is 2. The Labute approximate surface area is 116 Å². The van der Waals surface area contributed by atoms with E-state index in [0.717, 1.165) is 0 Å². The molecular weight excluding hydrogens is 260 g/mol. The first-order valence-corrected chi connectivity index (χ1v) is 6.16. The Bertz CT molecular complexity index is 521. The van der Waals surface area contributed by atoms with Crippen molar-refractivity contribution >= 4 is 0 Å². The van der Waals surface area contributed by atoms with Crippen LogP contribution in [0.4, 0.5) is 0 Å². The second-order valence-electron chi connectivity index (χ2n) is 4.21. The molecule has 0 fully saturated rings. The average molecular weight is 276 g/mol. The summed E-state index contributed by atoms with van der Waals surface area (Å²) in [5.74, 6) is 2.01. The molecule has 0 aliphatic heterocycles. The van der Waals surface area contributed by atoms with Crippen LogP contribution < -0.4 is 9.47 Å². The molecular formula is C15H16O5. The van der Waals surface area contributed by atoms with Crippen molar-refractivity contribution in [3.63, 3.8) is 0 Å². The molecule has 0 bridgehead atoms. The van der Waals surface area contributed by atoms with Gasteiger partial charge in [0.1, 0.15) is 35.7 Å². The van der Waals surface area contributed by atoms with Crippen molar-refractivity contribution in [1.82, 2.24) is 0 Å². The molecule has 3 N–H and O–H groups in total. The molecule has 5 heteroatoms. The van der Waals surface area contributed by atoms with Crippen molar-refractivity contribution in [2.75, 3.05) is 13.2 Å². The van der Waals surface area contributed by atoms with E-state index in [2.05, 4.69) is 0 Å². The Kier molecular flexibility index (Phi) is 4.81. The standard InChI is InChI=1S/C15H16O5/c16-9-12(18)10-19-13-5-7-15(8-6-13)20-14-3-1-11(17)2-4-14/h1-8,12,16-18H,9-10H2. The van der Waals surface area contributed by atoms with Crippen molar-refractivity contribution in [3.8, 4) is 23.0 Å². The highest BCUT2D eigenvalue weighted by atomic mass is 16.5. The second-order valence-corrected chi connectivity index (χ2v) is 4.21. The third-order valence-corrected chi connectivity index (χ3v) is 2.55. The summed E-state index contributed by atoms with van der Waals surface area (Å²) in [7, 11) is 0. The van der Waals surface area contributed by atoms with E-state index in [9.17, 15) is 10.2 Å². The zero-order chi connectivity index (χ0) is 14.4. The molecule has 20 heavy (non-hydrogen) atoms. The summed E-state index contributed by atoms with van der Waals surface area (Å²) in [5, 5.41) is 27.0. The van der Waals surface area contributed by atoms with Gasteiger partial charge in [0.15, 0.2) is 0 Å². The van der Waals surface area contributed by atoms with Gasteiger partial charge in [-0.1, -0.05) is 0 Å². The lowest BCUT2D eigenvalue weighted by Crippen LogP contribution is -2.21. The maximum atomic E-state index is 9.17. The van der Waals surface area contributed by atoms with E-state index >= 15 is 0 Å². The van der Waals surface area contributed by atoms with Crippen molar-refractivity contribution in [2.24, 2.45) is 0 Å². The summed E-state index contributed by atoms with van der Waals surface area (Å²) in [6.45, 7) is -0.295. The van der Waals surface area contributed by atoms with Gasteiger partial charge in [0.25, 0.3) is 0 Å². The fourth-order valence-corrected chi connectivity index (χ4v) is 1.50. The molecule has 0 aliphatic rings. The molecule has 0 aliphatic carbocycles. The molecule has 0 amide bonds. The minimum Gasteiger partial charge on any atom is -0.508 e. The van der Waals surface area contributed by atoms with Crippen LogP contribution in [0.1, 0.15) is 0 Å². The van der Waals surface area contributed by atoms with E-state index in [1.165, 1.54) is 0 Å². The van der Waals surface area contributed by atoms with Gasteiger partial charge in [-0.2, -0.15) is 0 Å². The summed E-state index contributed by atoms with van der Waals surface area (Å²) >= 11 is 0. The monoisotopic (exact) mass is 276 g/mol. The van der Waals surface area contributed by atoms with E-state index in [4.69, 9.17) is 14.6 Å². The molecule has 5 nitrogen and oxygen atoms in total. The molecule has 106 valence electrons. The largest absolute Gasteiger partial charge is 0.508 e. The minimum atomic E-state index is -0.886. The van der Waals surface area contributed by atoms with Crippen molar-refractivity contribution in [1.29, 1.82) is 0 Å². The number of benzene rings is 2. The average Bonchev–Trinajstić information content (AvgIpc) is 2.48. The Balaban J connectivity index is 1.92. The lowest BCUT2D eigenvalue weighted by atomic mass is 10.3. The van der Waals surface area contributed by atoms with Gasteiger partial charge in [-0.25, -0.2) is 0 Å². The van der Waals surface area contributed by atoms with E-state index in [-0.39, 0.29) is 19.0 Å². The van der Waals surface area contributed by atoms with Crippen LogP contribution in [-0.4, -0.2) is 34.6 Å². The van der Waals surface area contributed by atoms with E-state index < -0.39 is 6.10 Å². The second kappa shape index (κ2) is 6.79. The van der Waals surface area contributed by atoms with Crippen LogP contribution in [-0.2, 0) is 0 Å². The molecule has 2 rings (SSSR count). The number of aromatic hydroxyl groups is 1. The molecule has 0 heterocycles. The number of aliphatic hydroxyl groups is 2. The van der Waals surface area contributed by atoms with Crippen LogP contribution in [0.3, 0.4) is 0 Å². The van der Waals surface area contributed by atoms with E-state index in [1.54, 1.807) is 48.5 Å². The van der Waals surface area contributed by atoms with Gasteiger partial charge in [0.2, 0.25) is 0 Å². The van der Waals surface area contributed by atoms with Gasteiger partial charge < -0.3 is 24.8 Å². The number of phenols is 1. The zero-order valence-electron chi connectivity index (χ0n) is 10.8. The van der Waals surface area contributed by atoms with Gasteiger partial charge in [0, 0.05) is 0 Å². The number of aliphatic hydroxyl groups excluding tert-OH is 2. The molecule has 0 radical (unpaired) electrons. The van der Waals surface area contributed by atoms with Crippen LogP contribution in [0.25, 0.3) is 0 Å². The van der Waals surface area contributed by atoms with Gasteiger partial charge in [-0.05, 0) is 48.5 Å². The summed E-state index contributed by atoms with van der Waals surface area (Å²) in [5.41, 5.74) is 0. The van der Waals surface area contributed by atoms with E-state index in [1.807, 2.05) is 0 Å². The maximum absolute atomic E-state index is 9.17. The Morgan fingerprint density at radius 1 is 0.850 bits per heavy atom. The molecule has 1 atom stereocenters. The van der Waals surface area contributed by atoms with Gasteiger partial charge in [0.05, 0.1) is 6.61 Å². The molecule has 0 aromatic heterocycles. The third kappa shape index (κ3) is 4.15. The predicted octanol–water partition coefficient (Wildman–Crippen LogP) is 1.92. The third-order valence-electron chi connectivity index (χ3n) is 2.55. The predicted molar refractivity (Wildman–Crippen MR) is 73.2 cm³/mol. The Morgan fingerprint density at radius 2 is 1.35 bits per heavy atom. The zero-order valence-corrected chi connectivity index (χ0v) is 10.8. The number of hydrogen-bond donors (Lipinski definition) is 3. The quantitative estimate of drug-likeness (QED) is 0.751. The summed E-state index contributed by atoms with van der Waals surface area (Å²) in [4.78, 5) is 0.